The molecule has 0 radical (unpaired) electrons. The van der Waals surface area contributed by atoms with Gasteiger partial charge in [-0.2, -0.15) is 0 Å². The van der Waals surface area contributed by atoms with Crippen molar-refractivity contribution in [1.82, 2.24) is 5.09 Å². The topological polar surface area (TPSA) is 47.6 Å². The molecule has 4 nitrogen and oxygen atoms in total. The van der Waals surface area contributed by atoms with Crippen LogP contribution in [0.15, 0.2) is 0 Å². The lowest BCUT2D eigenvalue weighted by Crippen LogP contribution is -2.38. The number of hydrogen-bond donors (Lipinski definition) is 1. The van der Waals surface area contributed by atoms with Crippen molar-refractivity contribution in [3.63, 3.8) is 0 Å². The van der Waals surface area contributed by atoms with Gasteiger partial charge in [-0.05, 0) is 5.41 Å². The molecule has 1 saturated heterocycles. The van der Waals surface area contributed by atoms with Gasteiger partial charge in [0.2, 0.25) is 0 Å². The Hall–Kier alpha value is 0.590. The average molecular weight is 314 g/mol. The van der Waals surface area contributed by atoms with Crippen LogP contribution < -0.4 is 5.09 Å². The Morgan fingerprint density at radius 1 is 1.56 bits per heavy atom. The van der Waals surface area contributed by atoms with E-state index in [1.807, 2.05) is 13.8 Å². The number of rotatable bonds is 4. The van der Waals surface area contributed by atoms with E-state index in [4.69, 9.17) is 9.05 Å². The Labute approximate surface area is 106 Å². The third-order valence-electron chi connectivity index (χ3n) is 2.36. The largest absolute Gasteiger partial charge is 0.405 e. The van der Waals surface area contributed by atoms with Crippen LogP contribution in [0, 0.1) is 10.8 Å². The number of nitrogens with one attached hydrogen (secondary N) is 1. The lowest BCUT2D eigenvalue weighted by molar-refractivity contribution is 0.0898. The first-order chi connectivity index (χ1) is 7.18. The molecule has 0 unspecified atom stereocenters. The molecule has 1 atom stereocenters. The second-order valence-corrected chi connectivity index (χ2v) is 8.23. The standard InChI is InChI=1S/C10H21BrNO3P/c1-9(2,5-11)7-14-16(13)12-6-10(3,4)8-15-16/h5-8H2,1-4H3,(H,12,13)/t16-/m1/s1. The van der Waals surface area contributed by atoms with Gasteiger partial charge in [-0.15, -0.1) is 0 Å². The van der Waals surface area contributed by atoms with E-state index in [-0.39, 0.29) is 10.8 Å². The molecule has 0 amide bonds. The van der Waals surface area contributed by atoms with Crippen LogP contribution in [0.2, 0.25) is 0 Å². The molecule has 0 aromatic heterocycles. The summed E-state index contributed by atoms with van der Waals surface area (Å²) in [6.07, 6.45) is 0. The fourth-order valence-corrected chi connectivity index (χ4v) is 3.13. The van der Waals surface area contributed by atoms with Crippen LogP contribution in [0.3, 0.4) is 0 Å². The van der Waals surface area contributed by atoms with Gasteiger partial charge < -0.3 is 0 Å². The minimum absolute atomic E-state index is 0.0161. The van der Waals surface area contributed by atoms with Crippen molar-refractivity contribution in [3.8, 4) is 0 Å². The fraction of sp³-hybridized carbons (Fsp3) is 1.00. The Morgan fingerprint density at radius 3 is 2.62 bits per heavy atom. The van der Waals surface area contributed by atoms with Gasteiger partial charge in [0.1, 0.15) is 0 Å². The van der Waals surface area contributed by atoms with Crippen LogP contribution in [0.4, 0.5) is 0 Å². The average Bonchev–Trinajstić information content (AvgIpc) is 2.21. The highest BCUT2D eigenvalue weighted by atomic mass is 79.9. The third kappa shape index (κ3) is 4.46. The number of hydrogen-bond acceptors (Lipinski definition) is 3. The molecule has 96 valence electrons. The lowest BCUT2D eigenvalue weighted by atomic mass is 9.96. The summed E-state index contributed by atoms with van der Waals surface area (Å²) < 4.78 is 22.9. The molecule has 0 aromatic carbocycles. The minimum Gasteiger partial charge on any atom is -0.296 e. The summed E-state index contributed by atoms with van der Waals surface area (Å²) in [5, 5.41) is 3.68. The van der Waals surface area contributed by atoms with Gasteiger partial charge in [-0.3, -0.25) is 9.05 Å². The molecule has 6 heteroatoms. The number of halogens is 1. The first-order valence-electron chi connectivity index (χ1n) is 5.38. The summed E-state index contributed by atoms with van der Waals surface area (Å²) in [6, 6.07) is 0. The van der Waals surface area contributed by atoms with Crippen LogP contribution in [0.1, 0.15) is 27.7 Å². The summed E-state index contributed by atoms with van der Waals surface area (Å²) in [4.78, 5) is 0. The van der Waals surface area contributed by atoms with Crippen LogP contribution in [-0.4, -0.2) is 25.1 Å². The van der Waals surface area contributed by atoms with Crippen molar-refractivity contribution in [1.29, 1.82) is 0 Å². The highest BCUT2D eigenvalue weighted by Gasteiger charge is 2.37. The van der Waals surface area contributed by atoms with E-state index >= 15 is 0 Å². The molecule has 1 rings (SSSR count). The quantitative estimate of drug-likeness (QED) is 0.639. The zero-order valence-electron chi connectivity index (χ0n) is 10.4. The van der Waals surface area contributed by atoms with E-state index < -0.39 is 7.75 Å². The Kier molecular flexibility index (Phi) is 4.64. The maximum Gasteiger partial charge on any atom is 0.405 e. The maximum atomic E-state index is 12.1. The Bertz CT molecular complexity index is 280. The van der Waals surface area contributed by atoms with Gasteiger partial charge in [0.05, 0.1) is 13.2 Å². The van der Waals surface area contributed by atoms with E-state index in [9.17, 15) is 4.57 Å². The minimum atomic E-state index is -3.07. The third-order valence-corrected chi connectivity index (χ3v) is 5.36. The van der Waals surface area contributed by atoms with Crippen molar-refractivity contribution >= 4 is 23.7 Å². The van der Waals surface area contributed by atoms with Gasteiger partial charge >= 0.3 is 7.75 Å². The molecule has 16 heavy (non-hydrogen) atoms. The van der Waals surface area contributed by atoms with Gasteiger partial charge in [0.15, 0.2) is 0 Å². The smallest absolute Gasteiger partial charge is 0.296 e. The highest BCUT2D eigenvalue weighted by molar-refractivity contribution is 9.09. The van der Waals surface area contributed by atoms with Crippen molar-refractivity contribution in [2.24, 2.45) is 10.8 Å². The summed E-state index contributed by atoms with van der Waals surface area (Å²) in [7, 11) is -3.07. The van der Waals surface area contributed by atoms with Crippen molar-refractivity contribution < 1.29 is 13.6 Å². The van der Waals surface area contributed by atoms with Crippen LogP contribution >= 0.6 is 23.7 Å². The lowest BCUT2D eigenvalue weighted by Gasteiger charge is -2.35. The predicted octanol–water partition coefficient (Wildman–Crippen LogP) is 3.18. The van der Waals surface area contributed by atoms with Crippen molar-refractivity contribution in [2.75, 3.05) is 25.1 Å². The summed E-state index contributed by atoms with van der Waals surface area (Å²) >= 11 is 3.40. The van der Waals surface area contributed by atoms with E-state index in [1.165, 1.54) is 0 Å². The molecule has 1 fully saturated rings. The molecule has 0 aliphatic carbocycles. The first-order valence-corrected chi connectivity index (χ1v) is 8.05. The molecule has 1 aliphatic rings. The van der Waals surface area contributed by atoms with Gasteiger partial charge in [0, 0.05) is 17.3 Å². The van der Waals surface area contributed by atoms with Crippen LogP contribution in [0.5, 0.6) is 0 Å². The molecule has 0 saturated carbocycles. The SMILES string of the molecule is CC(C)(CBr)CO[P@]1(=O)NCC(C)(C)CO1. The normalized spacial score (nSPS) is 30.3. The number of alkyl halides is 1. The second-order valence-electron chi connectivity index (χ2n) is 5.84. The highest BCUT2D eigenvalue weighted by Crippen LogP contribution is 2.49. The molecule has 1 N–H and O–H groups in total. The summed E-state index contributed by atoms with van der Waals surface area (Å²) in [6.45, 7) is 9.73. The molecule has 1 aliphatic heterocycles. The van der Waals surface area contributed by atoms with Crippen molar-refractivity contribution in [3.05, 3.63) is 0 Å². The first kappa shape index (κ1) is 14.7. The monoisotopic (exact) mass is 313 g/mol. The molecule has 0 spiro atoms. The second kappa shape index (κ2) is 5.07. The predicted molar refractivity (Wildman–Crippen MR) is 68.9 cm³/mol. The molecule has 1 heterocycles. The van der Waals surface area contributed by atoms with Gasteiger partial charge in [-0.1, -0.05) is 43.6 Å². The maximum absolute atomic E-state index is 12.1. The van der Waals surface area contributed by atoms with Gasteiger partial charge in [0.25, 0.3) is 0 Å². The van der Waals surface area contributed by atoms with Crippen LogP contribution in [-0.2, 0) is 13.6 Å². The van der Waals surface area contributed by atoms with E-state index in [0.29, 0.717) is 19.8 Å². The summed E-state index contributed by atoms with van der Waals surface area (Å²) in [5.41, 5.74) is -0.0301. The zero-order chi connectivity index (χ0) is 12.4. The summed E-state index contributed by atoms with van der Waals surface area (Å²) in [5.74, 6) is 0. The van der Waals surface area contributed by atoms with E-state index in [2.05, 4.69) is 34.9 Å². The van der Waals surface area contributed by atoms with E-state index in [1.54, 1.807) is 0 Å². The zero-order valence-corrected chi connectivity index (χ0v) is 12.9. The molecule has 0 bridgehead atoms. The fourth-order valence-electron chi connectivity index (χ4n) is 1.05. The molecule has 0 aromatic rings. The molecular formula is C10H21BrNO3P. The van der Waals surface area contributed by atoms with Gasteiger partial charge in [-0.25, -0.2) is 9.65 Å². The van der Waals surface area contributed by atoms with E-state index in [0.717, 1.165) is 5.33 Å². The van der Waals surface area contributed by atoms with Crippen LogP contribution in [0.25, 0.3) is 0 Å². The Balaban J connectivity index is 2.46. The van der Waals surface area contributed by atoms with Crippen molar-refractivity contribution in [2.45, 2.75) is 27.7 Å². The molecular weight excluding hydrogens is 293 g/mol. The Morgan fingerprint density at radius 2 is 2.19 bits per heavy atom.